The summed E-state index contributed by atoms with van der Waals surface area (Å²) in [4.78, 5) is 20.7. The molecule has 1 N–H and O–H groups in total. The Hall–Kier alpha value is -4.92. The summed E-state index contributed by atoms with van der Waals surface area (Å²) in [6.45, 7) is 0.704. The van der Waals surface area contributed by atoms with Crippen molar-refractivity contribution in [1.29, 1.82) is 0 Å². The van der Waals surface area contributed by atoms with Crippen molar-refractivity contribution in [3.8, 4) is 17.2 Å². The molecule has 0 atom stereocenters. The lowest BCUT2D eigenvalue weighted by Crippen LogP contribution is -2.07. The number of aromatic amines is 1. The smallest absolute Gasteiger partial charge is 0.337 e. The molecule has 0 saturated carbocycles. The second-order valence-electron chi connectivity index (χ2n) is 8.08. The number of nitrogens with one attached hydrogen (secondary N) is 1. The average molecular weight is 497 g/mol. The summed E-state index contributed by atoms with van der Waals surface area (Å²) in [7, 11) is 1.33. The summed E-state index contributed by atoms with van der Waals surface area (Å²) in [6, 6.07) is 24.4. The molecule has 5 aromatic rings. The number of esters is 1. The van der Waals surface area contributed by atoms with E-state index in [2.05, 4.69) is 20.2 Å². The fourth-order valence-corrected chi connectivity index (χ4v) is 3.66. The zero-order valence-electron chi connectivity index (χ0n) is 20.1. The number of nitrogens with zero attached hydrogens (tertiary/aromatic N) is 3. The molecule has 0 unspecified atom stereocenters. The Morgan fingerprint density at radius 1 is 0.838 bits per heavy atom. The monoisotopic (exact) mass is 496 g/mol. The molecule has 2 aromatic heterocycles. The van der Waals surface area contributed by atoms with Crippen LogP contribution in [0.5, 0.6) is 17.2 Å². The Morgan fingerprint density at radius 2 is 1.68 bits per heavy atom. The van der Waals surface area contributed by atoms with Gasteiger partial charge in [-0.15, -0.1) is 0 Å². The van der Waals surface area contributed by atoms with E-state index >= 15 is 0 Å². The molecular formula is C28H24N4O5. The van der Waals surface area contributed by atoms with Gasteiger partial charge < -0.3 is 18.9 Å². The molecule has 9 nitrogen and oxygen atoms in total. The molecule has 5 rings (SSSR count). The number of benzene rings is 3. The highest BCUT2D eigenvalue weighted by molar-refractivity contribution is 5.89. The first-order valence-corrected chi connectivity index (χ1v) is 11.6. The van der Waals surface area contributed by atoms with Gasteiger partial charge in [0.15, 0.2) is 5.82 Å². The van der Waals surface area contributed by atoms with Crippen LogP contribution in [-0.2, 0) is 24.6 Å². The summed E-state index contributed by atoms with van der Waals surface area (Å²) in [5.74, 6) is 1.87. The van der Waals surface area contributed by atoms with Gasteiger partial charge >= 0.3 is 5.97 Å². The van der Waals surface area contributed by atoms with Crippen molar-refractivity contribution < 1.29 is 23.7 Å². The number of ether oxygens (including phenoxy) is 4. The maximum atomic E-state index is 12.0. The van der Waals surface area contributed by atoms with E-state index in [0.29, 0.717) is 35.2 Å². The Morgan fingerprint density at radius 3 is 2.49 bits per heavy atom. The first-order valence-electron chi connectivity index (χ1n) is 11.6. The van der Waals surface area contributed by atoms with E-state index in [4.69, 9.17) is 18.9 Å². The van der Waals surface area contributed by atoms with Gasteiger partial charge in [-0.3, -0.25) is 5.10 Å². The molecular weight excluding hydrogens is 472 g/mol. The molecule has 0 aliphatic rings. The molecule has 0 saturated heterocycles. The minimum Gasteiger partial charge on any atom is -0.489 e. The van der Waals surface area contributed by atoms with Crippen molar-refractivity contribution in [2.24, 2.45) is 0 Å². The fraction of sp³-hybridized carbons (Fsp3) is 0.143. The van der Waals surface area contributed by atoms with Crippen LogP contribution in [0.15, 0.2) is 85.2 Å². The molecule has 186 valence electrons. The number of para-hydroxylation sites is 1. The molecule has 0 radical (unpaired) electrons. The zero-order chi connectivity index (χ0) is 25.5. The van der Waals surface area contributed by atoms with Crippen LogP contribution < -0.4 is 14.2 Å². The van der Waals surface area contributed by atoms with Crippen LogP contribution in [0, 0.1) is 0 Å². The third-order valence-corrected chi connectivity index (χ3v) is 5.56. The maximum Gasteiger partial charge on any atom is 0.337 e. The average Bonchev–Trinajstić information content (AvgIpc) is 3.47. The van der Waals surface area contributed by atoms with E-state index in [0.717, 1.165) is 22.2 Å². The molecule has 2 heterocycles. The number of pyridine rings is 1. The van der Waals surface area contributed by atoms with E-state index in [1.165, 1.54) is 13.4 Å². The fourth-order valence-electron chi connectivity index (χ4n) is 3.66. The maximum absolute atomic E-state index is 12.0. The van der Waals surface area contributed by atoms with Crippen molar-refractivity contribution in [3.05, 3.63) is 108 Å². The van der Waals surface area contributed by atoms with E-state index in [1.54, 1.807) is 18.2 Å². The Bertz CT molecular complexity index is 1500. The first kappa shape index (κ1) is 23.8. The third-order valence-electron chi connectivity index (χ3n) is 5.56. The number of hydrogen-bond acceptors (Lipinski definition) is 8. The molecule has 0 fully saturated rings. The molecule has 0 aliphatic carbocycles. The van der Waals surface area contributed by atoms with Gasteiger partial charge in [0.25, 0.3) is 0 Å². The minimum absolute atomic E-state index is 0.157. The van der Waals surface area contributed by atoms with Crippen LogP contribution >= 0.6 is 0 Å². The summed E-state index contributed by atoms with van der Waals surface area (Å²) < 4.78 is 22.7. The number of aromatic nitrogens is 4. The van der Waals surface area contributed by atoms with Crippen molar-refractivity contribution in [2.45, 2.75) is 19.8 Å². The van der Waals surface area contributed by atoms with E-state index in [9.17, 15) is 4.79 Å². The summed E-state index contributed by atoms with van der Waals surface area (Å²) in [6.07, 6.45) is 1.40. The number of fused-ring (bicyclic) bond motifs is 1. The molecule has 0 amide bonds. The van der Waals surface area contributed by atoms with Crippen LogP contribution in [0.3, 0.4) is 0 Å². The van der Waals surface area contributed by atoms with Crippen LogP contribution in [0.2, 0.25) is 0 Å². The largest absolute Gasteiger partial charge is 0.489 e. The highest BCUT2D eigenvalue weighted by Crippen LogP contribution is 2.26. The molecule has 9 heteroatoms. The topological polar surface area (TPSA) is 108 Å². The van der Waals surface area contributed by atoms with Gasteiger partial charge in [-0.2, -0.15) is 5.10 Å². The minimum atomic E-state index is -0.456. The van der Waals surface area contributed by atoms with Crippen molar-refractivity contribution in [3.63, 3.8) is 0 Å². The predicted octanol–water partition coefficient (Wildman–Crippen LogP) is 4.88. The number of carbonyl (C=O) groups excluding carboxylic acids is 1. The highest BCUT2D eigenvalue weighted by Gasteiger charge is 2.13. The number of methoxy groups -OCH3 is 1. The summed E-state index contributed by atoms with van der Waals surface area (Å²) >= 11 is 0. The van der Waals surface area contributed by atoms with Gasteiger partial charge in [-0.25, -0.2) is 14.8 Å². The van der Waals surface area contributed by atoms with E-state index < -0.39 is 5.97 Å². The quantitative estimate of drug-likeness (QED) is 0.273. The van der Waals surface area contributed by atoms with Gasteiger partial charge in [0.1, 0.15) is 43.4 Å². The Kier molecular flexibility index (Phi) is 7.21. The number of rotatable bonds is 10. The van der Waals surface area contributed by atoms with Gasteiger partial charge in [0.05, 0.1) is 23.9 Å². The predicted molar refractivity (Wildman–Crippen MR) is 135 cm³/mol. The first-order chi connectivity index (χ1) is 18.2. The lowest BCUT2D eigenvalue weighted by Gasteiger charge is -2.14. The van der Waals surface area contributed by atoms with Crippen LogP contribution in [-0.4, -0.2) is 33.2 Å². The summed E-state index contributed by atoms with van der Waals surface area (Å²) in [5.41, 5.74) is 2.89. The third kappa shape index (κ3) is 6.02. The highest BCUT2D eigenvalue weighted by atomic mass is 16.5. The standard InChI is InChI=1S/C28H24N4O5/c1-34-28(33)20-9-10-21(26(13-20)37-17-27-29-18-30-32-27)15-35-23-6-4-7-24(14-23)36-16-22-12-11-19-5-2-3-8-25(19)31-22/h2-14,18H,15-17H2,1H3,(H,29,30,32). The second kappa shape index (κ2) is 11.2. The molecule has 0 spiro atoms. The summed E-state index contributed by atoms with van der Waals surface area (Å²) in [5, 5.41) is 7.65. The van der Waals surface area contributed by atoms with Gasteiger partial charge in [-0.1, -0.05) is 36.4 Å². The molecule has 0 bridgehead atoms. The van der Waals surface area contributed by atoms with Crippen molar-refractivity contribution >= 4 is 16.9 Å². The van der Waals surface area contributed by atoms with Crippen LogP contribution in [0.25, 0.3) is 10.9 Å². The van der Waals surface area contributed by atoms with Crippen LogP contribution in [0.1, 0.15) is 27.4 Å². The SMILES string of the molecule is COC(=O)c1ccc(COc2cccc(OCc3ccc4ccccc4n3)c2)c(OCc2ncn[nH]2)c1. The Balaban J connectivity index is 1.25. The number of H-pyrrole nitrogens is 1. The van der Waals surface area contributed by atoms with E-state index in [1.807, 2.05) is 60.7 Å². The van der Waals surface area contributed by atoms with Crippen molar-refractivity contribution in [1.82, 2.24) is 20.2 Å². The lowest BCUT2D eigenvalue weighted by molar-refractivity contribution is 0.0600. The van der Waals surface area contributed by atoms with Gasteiger partial charge in [0, 0.05) is 17.0 Å². The zero-order valence-corrected chi connectivity index (χ0v) is 20.1. The lowest BCUT2D eigenvalue weighted by atomic mass is 10.1. The van der Waals surface area contributed by atoms with Crippen LogP contribution in [0.4, 0.5) is 0 Å². The number of carbonyl (C=O) groups is 1. The normalized spacial score (nSPS) is 10.7. The van der Waals surface area contributed by atoms with Crippen molar-refractivity contribution in [2.75, 3.05) is 7.11 Å². The van der Waals surface area contributed by atoms with Gasteiger partial charge in [0.2, 0.25) is 0 Å². The van der Waals surface area contributed by atoms with Gasteiger partial charge in [-0.05, 0) is 36.4 Å². The molecule has 0 aliphatic heterocycles. The number of hydrogen-bond donors (Lipinski definition) is 1. The molecule has 3 aromatic carbocycles. The Labute approximate surface area is 213 Å². The second-order valence-corrected chi connectivity index (χ2v) is 8.08. The molecule has 37 heavy (non-hydrogen) atoms. The van der Waals surface area contributed by atoms with E-state index in [-0.39, 0.29) is 13.2 Å².